The van der Waals surface area contributed by atoms with Gasteiger partial charge in [-0.1, -0.05) is 6.92 Å². The number of carbonyl (C=O) groups is 1. The monoisotopic (exact) mass is 356 g/mol. The summed E-state index contributed by atoms with van der Waals surface area (Å²) in [4.78, 5) is 15.0. The minimum absolute atomic E-state index is 0.105. The molecular weight excluding hydrogens is 332 g/mol. The smallest absolute Gasteiger partial charge is 0.404 e. The summed E-state index contributed by atoms with van der Waals surface area (Å²) in [5, 5.41) is 11.2. The van der Waals surface area contributed by atoms with Gasteiger partial charge in [0.1, 0.15) is 18.1 Å². The molecule has 1 aromatic carbocycles. The van der Waals surface area contributed by atoms with Gasteiger partial charge in [-0.3, -0.25) is 4.98 Å². The van der Waals surface area contributed by atoms with Gasteiger partial charge in [-0.2, -0.15) is 0 Å². The van der Waals surface area contributed by atoms with Gasteiger partial charge < -0.3 is 19.9 Å². The highest BCUT2D eigenvalue weighted by Gasteiger charge is 2.20. The van der Waals surface area contributed by atoms with E-state index in [1.165, 1.54) is 0 Å². The summed E-state index contributed by atoms with van der Waals surface area (Å²) in [6.45, 7) is 6.92. The lowest BCUT2D eigenvalue weighted by molar-refractivity contribution is 0.185. The van der Waals surface area contributed by atoms with Gasteiger partial charge in [0.05, 0.1) is 6.61 Å². The number of benzene rings is 1. The fraction of sp³-hybridized carbons (Fsp3) is 0.400. The topological polar surface area (TPSA) is 80.7 Å². The third-order valence-electron chi connectivity index (χ3n) is 4.55. The summed E-state index contributed by atoms with van der Waals surface area (Å²) < 4.78 is 11.8. The van der Waals surface area contributed by atoms with E-state index in [-0.39, 0.29) is 12.0 Å². The van der Waals surface area contributed by atoms with Crippen molar-refractivity contribution in [3.8, 4) is 22.6 Å². The van der Waals surface area contributed by atoms with Gasteiger partial charge >= 0.3 is 6.09 Å². The number of pyridine rings is 1. The zero-order chi connectivity index (χ0) is 18.7. The number of nitrogens with one attached hydrogen (secondary N) is 1. The molecule has 2 N–H and O–H groups in total. The Balaban J connectivity index is 1.64. The Morgan fingerprint density at radius 2 is 2.15 bits per heavy atom. The summed E-state index contributed by atoms with van der Waals surface area (Å²) >= 11 is 0. The van der Waals surface area contributed by atoms with Gasteiger partial charge in [-0.05, 0) is 49.9 Å². The van der Waals surface area contributed by atoms with Crippen LogP contribution in [0.2, 0.25) is 0 Å². The lowest BCUT2D eigenvalue weighted by atomic mass is 9.97. The average Bonchev–Trinajstić information content (AvgIpc) is 2.59. The number of carboxylic acid groups (broad SMARTS) is 1. The predicted octanol–water partition coefficient (Wildman–Crippen LogP) is 4.01. The van der Waals surface area contributed by atoms with Crippen LogP contribution in [-0.4, -0.2) is 28.8 Å². The van der Waals surface area contributed by atoms with Crippen molar-refractivity contribution in [2.75, 3.05) is 6.61 Å². The molecule has 2 unspecified atom stereocenters. The maximum absolute atomic E-state index is 10.7. The molecule has 1 aliphatic rings. The first-order chi connectivity index (χ1) is 12.4. The molecule has 2 aromatic rings. The second kappa shape index (κ2) is 7.64. The summed E-state index contributed by atoms with van der Waals surface area (Å²) in [7, 11) is 0. The van der Waals surface area contributed by atoms with Crippen LogP contribution in [0.4, 0.5) is 4.79 Å². The summed E-state index contributed by atoms with van der Waals surface area (Å²) in [6.07, 6.45) is 1.54. The standard InChI is InChI=1S/C20H24N2O4/c1-12(8-13(2)22-20(23)24)10-25-15-4-5-17-16-6-7-21-14(3)18(16)11-26-19(17)9-15/h4-7,9,12-13,22H,8,10-11H2,1-3H3,(H,23,24). The first kappa shape index (κ1) is 18.0. The lowest BCUT2D eigenvalue weighted by Gasteiger charge is -2.23. The number of ether oxygens (including phenoxy) is 2. The normalized spacial score (nSPS) is 14.4. The lowest BCUT2D eigenvalue weighted by Crippen LogP contribution is -2.33. The van der Waals surface area contributed by atoms with Crippen LogP contribution in [0.1, 0.15) is 31.5 Å². The van der Waals surface area contributed by atoms with Crippen LogP contribution in [0.5, 0.6) is 11.5 Å². The predicted molar refractivity (Wildman–Crippen MR) is 98.6 cm³/mol. The van der Waals surface area contributed by atoms with Crippen molar-refractivity contribution >= 4 is 6.09 Å². The third-order valence-corrected chi connectivity index (χ3v) is 4.55. The largest absolute Gasteiger partial charge is 0.493 e. The van der Waals surface area contributed by atoms with E-state index in [1.54, 1.807) is 0 Å². The van der Waals surface area contributed by atoms with E-state index in [2.05, 4.69) is 10.3 Å². The Kier molecular flexibility index (Phi) is 5.30. The van der Waals surface area contributed by atoms with Crippen molar-refractivity contribution in [2.45, 2.75) is 39.8 Å². The highest BCUT2D eigenvalue weighted by atomic mass is 16.5. The fourth-order valence-electron chi connectivity index (χ4n) is 3.30. The van der Waals surface area contributed by atoms with Crippen molar-refractivity contribution in [1.82, 2.24) is 10.3 Å². The van der Waals surface area contributed by atoms with E-state index >= 15 is 0 Å². The molecule has 0 bridgehead atoms. The number of aryl methyl sites for hydroxylation is 1. The number of nitrogens with zero attached hydrogens (tertiary/aromatic N) is 1. The Morgan fingerprint density at radius 3 is 2.92 bits per heavy atom. The van der Waals surface area contributed by atoms with Crippen molar-refractivity contribution in [2.24, 2.45) is 5.92 Å². The molecular formula is C20H24N2O4. The van der Waals surface area contributed by atoms with Crippen LogP contribution in [0.25, 0.3) is 11.1 Å². The molecule has 2 heterocycles. The number of aromatic nitrogens is 1. The maximum Gasteiger partial charge on any atom is 0.404 e. The van der Waals surface area contributed by atoms with Crippen molar-refractivity contribution in [3.63, 3.8) is 0 Å². The molecule has 2 atom stereocenters. The number of hydrogen-bond acceptors (Lipinski definition) is 4. The zero-order valence-corrected chi connectivity index (χ0v) is 15.3. The molecule has 138 valence electrons. The average molecular weight is 356 g/mol. The molecule has 6 heteroatoms. The van der Waals surface area contributed by atoms with Crippen LogP contribution in [0, 0.1) is 12.8 Å². The van der Waals surface area contributed by atoms with Crippen molar-refractivity contribution in [1.29, 1.82) is 0 Å². The molecule has 0 saturated carbocycles. The van der Waals surface area contributed by atoms with E-state index in [9.17, 15) is 4.79 Å². The number of fused-ring (bicyclic) bond motifs is 3. The Morgan fingerprint density at radius 1 is 1.35 bits per heavy atom. The molecule has 26 heavy (non-hydrogen) atoms. The Bertz CT molecular complexity index is 806. The molecule has 0 radical (unpaired) electrons. The van der Waals surface area contributed by atoms with Gasteiger partial charge in [0.15, 0.2) is 0 Å². The van der Waals surface area contributed by atoms with Crippen LogP contribution in [0.3, 0.4) is 0 Å². The minimum Gasteiger partial charge on any atom is -0.493 e. The van der Waals surface area contributed by atoms with Crippen LogP contribution in [0.15, 0.2) is 30.5 Å². The zero-order valence-electron chi connectivity index (χ0n) is 15.3. The van der Waals surface area contributed by atoms with Gasteiger partial charge in [0.2, 0.25) is 0 Å². The third kappa shape index (κ3) is 4.07. The maximum atomic E-state index is 10.7. The highest BCUT2D eigenvalue weighted by Crippen LogP contribution is 2.40. The van der Waals surface area contributed by atoms with Crippen LogP contribution < -0.4 is 14.8 Å². The molecule has 0 fully saturated rings. The first-order valence-electron chi connectivity index (χ1n) is 8.78. The molecule has 1 aromatic heterocycles. The molecule has 0 aliphatic carbocycles. The van der Waals surface area contributed by atoms with E-state index in [4.69, 9.17) is 14.6 Å². The van der Waals surface area contributed by atoms with Gasteiger partial charge in [0, 0.05) is 35.1 Å². The van der Waals surface area contributed by atoms with Gasteiger partial charge in [-0.15, -0.1) is 0 Å². The van der Waals surface area contributed by atoms with Gasteiger partial charge in [0.25, 0.3) is 0 Å². The van der Waals surface area contributed by atoms with E-state index in [0.29, 0.717) is 19.6 Å². The van der Waals surface area contributed by atoms with Crippen LogP contribution in [-0.2, 0) is 6.61 Å². The van der Waals surface area contributed by atoms with Gasteiger partial charge in [-0.25, -0.2) is 4.79 Å². The quantitative estimate of drug-likeness (QED) is 0.817. The highest BCUT2D eigenvalue weighted by molar-refractivity contribution is 5.76. The summed E-state index contributed by atoms with van der Waals surface area (Å²) in [5.74, 6) is 1.79. The second-order valence-electron chi connectivity index (χ2n) is 6.87. The van der Waals surface area contributed by atoms with Crippen molar-refractivity contribution < 1.29 is 19.4 Å². The molecule has 0 spiro atoms. The molecule has 6 nitrogen and oxygen atoms in total. The SMILES string of the molecule is Cc1nccc2c1COc1cc(OCC(C)CC(C)NC(=O)O)ccc1-2. The van der Waals surface area contributed by atoms with Crippen molar-refractivity contribution in [3.05, 3.63) is 41.7 Å². The van der Waals surface area contributed by atoms with E-state index < -0.39 is 6.09 Å². The number of hydrogen-bond donors (Lipinski definition) is 2. The Labute approximate surface area is 153 Å². The fourth-order valence-corrected chi connectivity index (χ4v) is 3.30. The summed E-state index contributed by atoms with van der Waals surface area (Å²) in [6, 6.07) is 7.79. The molecule has 1 amide bonds. The van der Waals surface area contributed by atoms with Crippen LogP contribution >= 0.6 is 0 Å². The van der Waals surface area contributed by atoms with E-state index in [1.807, 2.05) is 51.2 Å². The first-order valence-corrected chi connectivity index (χ1v) is 8.78. The second-order valence-corrected chi connectivity index (χ2v) is 6.87. The Hall–Kier alpha value is -2.76. The summed E-state index contributed by atoms with van der Waals surface area (Å²) in [5.41, 5.74) is 4.33. The molecule has 3 rings (SSSR count). The molecule has 1 aliphatic heterocycles. The number of amides is 1. The molecule has 0 saturated heterocycles. The van der Waals surface area contributed by atoms with E-state index in [0.717, 1.165) is 33.9 Å². The number of rotatable bonds is 6. The minimum atomic E-state index is -0.997.